The molecule has 2 aliphatic heterocycles. The van der Waals surface area contributed by atoms with E-state index in [2.05, 4.69) is 16.1 Å². The molecule has 2 aromatic rings. The van der Waals surface area contributed by atoms with E-state index in [4.69, 9.17) is 4.74 Å². The van der Waals surface area contributed by atoms with Crippen molar-refractivity contribution in [3.05, 3.63) is 47.3 Å². The Hall–Kier alpha value is -2.83. The number of piperidine rings is 2. The summed E-state index contributed by atoms with van der Waals surface area (Å²) in [7, 11) is 3.48. The number of ether oxygens (including phenoxy) is 1. The van der Waals surface area contributed by atoms with Gasteiger partial charge in [-0.1, -0.05) is 12.1 Å². The van der Waals surface area contributed by atoms with E-state index in [9.17, 15) is 9.59 Å². The number of rotatable bonds is 5. The van der Waals surface area contributed by atoms with Crippen molar-refractivity contribution in [2.45, 2.75) is 38.6 Å². The monoisotopic (exact) mass is 410 g/mol. The van der Waals surface area contributed by atoms with Crippen LogP contribution in [0.5, 0.6) is 5.75 Å². The van der Waals surface area contributed by atoms with Gasteiger partial charge in [-0.15, -0.1) is 0 Å². The summed E-state index contributed by atoms with van der Waals surface area (Å²) < 4.78 is 6.97. The summed E-state index contributed by atoms with van der Waals surface area (Å²) in [4.78, 5) is 29.7. The standard InChI is InChI=1S/C23H30N4O3/c1-16-13-21(25(2)24-16)23(29)26-11-10-20-18(15-26)7-8-22(28)27(20)12-9-17-5-4-6-19(14-17)30-3/h4-6,13-14,18,20H,7-12,15H2,1-3H3/t18-,20+/m1/s1. The first-order valence-corrected chi connectivity index (χ1v) is 10.7. The smallest absolute Gasteiger partial charge is 0.272 e. The second kappa shape index (κ2) is 8.50. The molecule has 1 aromatic carbocycles. The Labute approximate surface area is 177 Å². The molecular weight excluding hydrogens is 380 g/mol. The highest BCUT2D eigenvalue weighted by atomic mass is 16.5. The van der Waals surface area contributed by atoms with Crippen molar-refractivity contribution >= 4 is 11.8 Å². The number of amides is 2. The predicted octanol–water partition coefficient (Wildman–Crippen LogP) is 2.43. The van der Waals surface area contributed by atoms with Gasteiger partial charge in [-0.25, -0.2) is 0 Å². The Bertz CT molecular complexity index is 938. The highest BCUT2D eigenvalue weighted by Crippen LogP contribution is 2.32. The second-order valence-electron chi connectivity index (χ2n) is 8.39. The van der Waals surface area contributed by atoms with Crippen LogP contribution < -0.4 is 4.74 Å². The summed E-state index contributed by atoms with van der Waals surface area (Å²) in [5.41, 5.74) is 2.65. The average molecular weight is 411 g/mol. The molecule has 0 spiro atoms. The fraction of sp³-hybridized carbons (Fsp3) is 0.522. The number of likely N-dealkylation sites (tertiary alicyclic amines) is 2. The molecule has 1 aromatic heterocycles. The van der Waals surface area contributed by atoms with E-state index in [-0.39, 0.29) is 17.9 Å². The highest BCUT2D eigenvalue weighted by molar-refractivity contribution is 5.92. The molecule has 4 rings (SSSR count). The van der Waals surface area contributed by atoms with Gasteiger partial charge in [0.1, 0.15) is 11.4 Å². The number of benzene rings is 1. The summed E-state index contributed by atoms with van der Waals surface area (Å²) in [5.74, 6) is 1.45. The maximum absolute atomic E-state index is 13.0. The van der Waals surface area contributed by atoms with Gasteiger partial charge >= 0.3 is 0 Å². The Morgan fingerprint density at radius 1 is 1.27 bits per heavy atom. The molecule has 2 atom stereocenters. The molecule has 7 heteroatoms. The van der Waals surface area contributed by atoms with Crippen LogP contribution in [0, 0.1) is 12.8 Å². The van der Waals surface area contributed by atoms with Crippen molar-refractivity contribution in [1.82, 2.24) is 19.6 Å². The van der Waals surface area contributed by atoms with Crippen molar-refractivity contribution < 1.29 is 14.3 Å². The lowest BCUT2D eigenvalue weighted by atomic mass is 9.83. The third-order valence-electron chi connectivity index (χ3n) is 6.43. The number of hydrogen-bond donors (Lipinski definition) is 0. The van der Waals surface area contributed by atoms with Crippen molar-refractivity contribution in [1.29, 1.82) is 0 Å². The Morgan fingerprint density at radius 3 is 2.83 bits per heavy atom. The van der Waals surface area contributed by atoms with E-state index < -0.39 is 0 Å². The van der Waals surface area contributed by atoms with Gasteiger partial charge in [0.25, 0.3) is 5.91 Å². The number of carbonyl (C=O) groups excluding carboxylic acids is 2. The molecular formula is C23H30N4O3. The van der Waals surface area contributed by atoms with Crippen LogP contribution in [0.1, 0.15) is 41.0 Å². The van der Waals surface area contributed by atoms with E-state index in [1.165, 1.54) is 5.56 Å². The number of carbonyl (C=O) groups is 2. The minimum Gasteiger partial charge on any atom is -0.497 e. The minimum absolute atomic E-state index is 0.0383. The van der Waals surface area contributed by atoms with Crippen LogP contribution in [-0.2, 0) is 18.3 Å². The molecule has 0 unspecified atom stereocenters. The summed E-state index contributed by atoms with van der Waals surface area (Å²) in [6.45, 7) is 3.99. The van der Waals surface area contributed by atoms with Crippen LogP contribution in [0.25, 0.3) is 0 Å². The maximum Gasteiger partial charge on any atom is 0.272 e. The van der Waals surface area contributed by atoms with Gasteiger partial charge in [0.15, 0.2) is 0 Å². The number of aryl methyl sites for hydroxylation is 2. The van der Waals surface area contributed by atoms with Gasteiger partial charge in [-0.2, -0.15) is 5.10 Å². The second-order valence-corrected chi connectivity index (χ2v) is 8.39. The predicted molar refractivity (Wildman–Crippen MR) is 113 cm³/mol. The minimum atomic E-state index is 0.0383. The van der Waals surface area contributed by atoms with Crippen LogP contribution in [0.4, 0.5) is 0 Å². The van der Waals surface area contributed by atoms with Gasteiger partial charge in [0.2, 0.25) is 5.91 Å². The number of methoxy groups -OCH3 is 1. The molecule has 160 valence electrons. The molecule has 7 nitrogen and oxygen atoms in total. The van der Waals surface area contributed by atoms with E-state index in [0.717, 1.165) is 30.7 Å². The van der Waals surface area contributed by atoms with Crippen LogP contribution in [-0.4, -0.2) is 64.2 Å². The molecule has 0 saturated carbocycles. The lowest BCUT2D eigenvalue weighted by Gasteiger charge is -2.47. The quantitative estimate of drug-likeness (QED) is 0.759. The van der Waals surface area contributed by atoms with Crippen molar-refractivity contribution in [2.24, 2.45) is 13.0 Å². The largest absolute Gasteiger partial charge is 0.497 e. The topological polar surface area (TPSA) is 67.7 Å². The van der Waals surface area contributed by atoms with Crippen LogP contribution in [0.2, 0.25) is 0 Å². The summed E-state index contributed by atoms with van der Waals surface area (Å²) >= 11 is 0. The SMILES string of the molecule is COc1cccc(CCN2C(=O)CC[C@@H]3CN(C(=O)c4cc(C)nn4C)CC[C@@H]32)c1. The van der Waals surface area contributed by atoms with Gasteiger partial charge < -0.3 is 14.5 Å². The van der Waals surface area contributed by atoms with E-state index in [1.54, 1.807) is 11.8 Å². The average Bonchev–Trinajstić information content (AvgIpc) is 3.10. The normalized spacial score (nSPS) is 21.5. The van der Waals surface area contributed by atoms with Crippen molar-refractivity contribution in [3.63, 3.8) is 0 Å². The van der Waals surface area contributed by atoms with E-state index in [0.29, 0.717) is 37.7 Å². The van der Waals surface area contributed by atoms with Crippen LogP contribution >= 0.6 is 0 Å². The van der Waals surface area contributed by atoms with Gasteiger partial charge in [0, 0.05) is 39.1 Å². The Balaban J connectivity index is 1.42. The number of fused-ring (bicyclic) bond motifs is 1. The first kappa shape index (κ1) is 20.4. The van der Waals surface area contributed by atoms with E-state index in [1.807, 2.05) is 43.1 Å². The molecule has 3 heterocycles. The van der Waals surface area contributed by atoms with E-state index >= 15 is 0 Å². The van der Waals surface area contributed by atoms with Crippen LogP contribution in [0.15, 0.2) is 30.3 Å². The molecule has 0 bridgehead atoms. The molecule has 0 N–H and O–H groups in total. The lowest BCUT2D eigenvalue weighted by molar-refractivity contribution is -0.140. The number of nitrogens with zero attached hydrogens (tertiary/aromatic N) is 4. The highest BCUT2D eigenvalue weighted by Gasteiger charge is 2.40. The molecule has 0 aliphatic carbocycles. The number of hydrogen-bond acceptors (Lipinski definition) is 4. The molecule has 2 aliphatic rings. The Kier molecular flexibility index (Phi) is 5.79. The zero-order valence-electron chi connectivity index (χ0n) is 18.0. The van der Waals surface area contributed by atoms with Crippen LogP contribution in [0.3, 0.4) is 0 Å². The fourth-order valence-electron chi connectivity index (χ4n) is 4.88. The first-order chi connectivity index (χ1) is 14.5. The zero-order valence-corrected chi connectivity index (χ0v) is 18.0. The summed E-state index contributed by atoms with van der Waals surface area (Å²) in [5, 5.41) is 4.30. The molecule has 30 heavy (non-hydrogen) atoms. The molecule has 2 fully saturated rings. The molecule has 0 radical (unpaired) electrons. The zero-order chi connectivity index (χ0) is 21.3. The van der Waals surface area contributed by atoms with Crippen molar-refractivity contribution in [3.8, 4) is 5.75 Å². The van der Waals surface area contributed by atoms with Gasteiger partial charge in [0.05, 0.1) is 12.8 Å². The fourth-order valence-corrected chi connectivity index (χ4v) is 4.88. The third kappa shape index (κ3) is 4.06. The third-order valence-corrected chi connectivity index (χ3v) is 6.43. The summed E-state index contributed by atoms with van der Waals surface area (Å²) in [6.07, 6.45) is 3.06. The Morgan fingerprint density at radius 2 is 2.10 bits per heavy atom. The van der Waals surface area contributed by atoms with Crippen molar-refractivity contribution in [2.75, 3.05) is 26.7 Å². The molecule has 2 saturated heterocycles. The number of aromatic nitrogens is 2. The van der Waals surface area contributed by atoms with Gasteiger partial charge in [-0.05, 0) is 55.9 Å². The first-order valence-electron chi connectivity index (χ1n) is 10.7. The molecule has 2 amide bonds. The lowest BCUT2D eigenvalue weighted by Crippen LogP contribution is -2.57. The van der Waals surface area contributed by atoms with Gasteiger partial charge in [-0.3, -0.25) is 14.3 Å². The maximum atomic E-state index is 13.0. The summed E-state index contributed by atoms with van der Waals surface area (Å²) in [6, 6.07) is 10.1.